The molecule has 0 radical (unpaired) electrons. The topological polar surface area (TPSA) is 79.3 Å². The zero-order chi connectivity index (χ0) is 29.4. The van der Waals surface area contributed by atoms with Gasteiger partial charge in [-0.2, -0.15) is 0 Å². The zero-order valence-corrected chi connectivity index (χ0v) is 26.9. The van der Waals surface area contributed by atoms with E-state index in [1.54, 1.807) is 23.5 Å². The Hall–Kier alpha value is -2.36. The van der Waals surface area contributed by atoms with Gasteiger partial charge in [-0.1, -0.05) is 19.9 Å². The van der Waals surface area contributed by atoms with Gasteiger partial charge in [-0.3, -0.25) is 14.5 Å². The highest BCUT2D eigenvalue weighted by atomic mass is 79.9. The van der Waals surface area contributed by atoms with Crippen LogP contribution in [0.3, 0.4) is 0 Å². The molecule has 2 aliphatic heterocycles. The molecule has 3 aliphatic carbocycles. The minimum Gasteiger partial charge on any atom is -0.504 e. The Morgan fingerprint density at radius 1 is 1.29 bits per heavy atom. The molecule has 2 saturated carbocycles. The molecular formula is C33H39BrN2O5S. The summed E-state index contributed by atoms with van der Waals surface area (Å²) in [4.78, 5) is 32.5. The number of ether oxygens (including phenoxy) is 2. The maximum absolute atomic E-state index is 14.0. The molecule has 1 amide bonds. The third-order valence-corrected chi connectivity index (χ3v) is 11.9. The monoisotopic (exact) mass is 654 g/mol. The standard InChI is InChI=1S/C33H39BrN2O5S/c1-19(2)16-36(28(39)9-7-24-15-23(34)18-42-24)25-10-11-33(41-20(3)37)27-14-22-6-8-26(38)30-29(22)32(33,31(25)40-30)12-13-35(27)17-21-4-5-21/h6-9,15,18-19,21,25,27,31,38H,4-5,10-14,16-17H2,1-3H3/b9-7+/t25-,27-,31+,32+,33-/m1/s1. The number of esters is 1. The van der Waals surface area contributed by atoms with E-state index in [1.165, 1.54) is 25.3 Å². The zero-order valence-electron chi connectivity index (χ0n) is 24.5. The van der Waals surface area contributed by atoms with Crippen LogP contribution < -0.4 is 4.74 Å². The second kappa shape index (κ2) is 10.4. The molecule has 1 aromatic carbocycles. The lowest BCUT2D eigenvalue weighted by molar-refractivity contribution is -0.224. The van der Waals surface area contributed by atoms with E-state index in [2.05, 4.69) is 34.7 Å². The fraction of sp³-hybridized carbons (Fsp3) is 0.576. The number of benzene rings is 1. The molecule has 2 bridgehead atoms. The van der Waals surface area contributed by atoms with Crippen molar-refractivity contribution < 1.29 is 24.2 Å². The number of hydrogen-bond acceptors (Lipinski definition) is 7. The molecule has 9 heteroatoms. The smallest absolute Gasteiger partial charge is 0.303 e. The van der Waals surface area contributed by atoms with Crippen LogP contribution >= 0.6 is 27.3 Å². The molecule has 224 valence electrons. The number of carbonyl (C=O) groups is 2. The summed E-state index contributed by atoms with van der Waals surface area (Å²) in [5.41, 5.74) is 0.775. The Bertz CT molecular complexity index is 1450. The molecular weight excluding hydrogens is 616 g/mol. The maximum atomic E-state index is 14.0. The van der Waals surface area contributed by atoms with Crippen molar-refractivity contribution >= 4 is 45.2 Å². The summed E-state index contributed by atoms with van der Waals surface area (Å²) in [6, 6.07) is 5.60. The maximum Gasteiger partial charge on any atom is 0.303 e. The van der Waals surface area contributed by atoms with Gasteiger partial charge in [-0.05, 0) is 96.6 Å². The average Bonchev–Trinajstić information content (AvgIpc) is 3.54. The van der Waals surface area contributed by atoms with Gasteiger partial charge < -0.3 is 19.5 Å². The molecule has 1 aromatic heterocycles. The summed E-state index contributed by atoms with van der Waals surface area (Å²) < 4.78 is 14.4. The minimum atomic E-state index is -0.773. The van der Waals surface area contributed by atoms with Gasteiger partial charge in [-0.25, -0.2) is 0 Å². The van der Waals surface area contributed by atoms with Crippen LogP contribution in [-0.2, 0) is 26.2 Å². The van der Waals surface area contributed by atoms with Gasteiger partial charge in [0.05, 0.1) is 17.5 Å². The lowest BCUT2D eigenvalue weighted by Crippen LogP contribution is -2.79. The van der Waals surface area contributed by atoms with Crippen molar-refractivity contribution in [3.05, 3.63) is 50.1 Å². The minimum absolute atomic E-state index is 0.0391. The van der Waals surface area contributed by atoms with Crippen LogP contribution in [0.5, 0.6) is 11.5 Å². The molecule has 2 aromatic rings. The van der Waals surface area contributed by atoms with E-state index in [0.717, 1.165) is 40.8 Å². The highest BCUT2D eigenvalue weighted by Gasteiger charge is 2.75. The van der Waals surface area contributed by atoms with Gasteiger partial charge in [0.25, 0.3) is 0 Å². The van der Waals surface area contributed by atoms with Crippen molar-refractivity contribution in [3.8, 4) is 11.5 Å². The number of rotatable bonds is 8. The van der Waals surface area contributed by atoms with Crippen molar-refractivity contribution in [2.24, 2.45) is 11.8 Å². The molecule has 7 rings (SSSR count). The Balaban J connectivity index is 1.33. The first kappa shape index (κ1) is 28.4. The number of hydrogen-bond donors (Lipinski definition) is 1. The van der Waals surface area contributed by atoms with Crippen LogP contribution in [0.1, 0.15) is 68.9 Å². The van der Waals surface area contributed by atoms with E-state index in [1.807, 2.05) is 28.5 Å². The van der Waals surface area contributed by atoms with Gasteiger partial charge >= 0.3 is 5.97 Å². The van der Waals surface area contributed by atoms with Crippen LogP contribution in [0.2, 0.25) is 0 Å². The molecule has 3 fully saturated rings. The summed E-state index contributed by atoms with van der Waals surface area (Å²) in [6.45, 7) is 8.28. The quantitative estimate of drug-likeness (QED) is 0.281. The summed E-state index contributed by atoms with van der Waals surface area (Å²) in [7, 11) is 0. The van der Waals surface area contributed by atoms with Crippen molar-refractivity contribution in [3.63, 3.8) is 0 Å². The summed E-state index contributed by atoms with van der Waals surface area (Å²) >= 11 is 5.09. The molecule has 5 atom stereocenters. The highest BCUT2D eigenvalue weighted by molar-refractivity contribution is 9.10. The summed E-state index contributed by atoms with van der Waals surface area (Å²) in [6.07, 6.45) is 8.51. The highest BCUT2D eigenvalue weighted by Crippen LogP contribution is 2.67. The van der Waals surface area contributed by atoms with E-state index in [9.17, 15) is 14.7 Å². The van der Waals surface area contributed by atoms with Gasteiger partial charge in [0.2, 0.25) is 5.91 Å². The van der Waals surface area contributed by atoms with Crippen molar-refractivity contribution in [1.82, 2.24) is 9.80 Å². The second-order valence-corrected chi connectivity index (χ2v) is 15.2. The van der Waals surface area contributed by atoms with E-state index in [4.69, 9.17) is 9.47 Å². The van der Waals surface area contributed by atoms with Gasteiger partial charge in [0, 0.05) is 46.4 Å². The Morgan fingerprint density at radius 2 is 2.10 bits per heavy atom. The number of aromatic hydroxyl groups is 1. The SMILES string of the molecule is CC(=O)O[C@@]12CC[C@@H](N(CC(C)C)C(=O)/C=C/c3cc(Br)cs3)[C@@H]3Oc4c(O)ccc5c4[C@@]31CCN(CC1CC1)[C@@H]2C5. The second-order valence-electron chi connectivity index (χ2n) is 13.3. The number of piperidine rings is 1. The van der Waals surface area contributed by atoms with E-state index in [0.29, 0.717) is 31.1 Å². The normalized spacial score (nSPS) is 31.2. The van der Waals surface area contributed by atoms with Crippen LogP contribution in [0.25, 0.3) is 6.08 Å². The lowest BCUT2D eigenvalue weighted by Gasteiger charge is -2.65. The number of amides is 1. The van der Waals surface area contributed by atoms with Crippen LogP contribution in [-0.4, -0.2) is 70.2 Å². The number of phenols is 1. The number of halogens is 1. The fourth-order valence-electron chi connectivity index (χ4n) is 8.66. The number of nitrogens with zero attached hydrogens (tertiary/aromatic N) is 2. The molecule has 1 spiro atoms. The van der Waals surface area contributed by atoms with E-state index in [-0.39, 0.29) is 35.6 Å². The third-order valence-electron chi connectivity index (χ3n) is 10.2. The van der Waals surface area contributed by atoms with Crippen LogP contribution in [0.4, 0.5) is 0 Å². The van der Waals surface area contributed by atoms with Crippen molar-refractivity contribution in [1.29, 1.82) is 0 Å². The van der Waals surface area contributed by atoms with E-state index < -0.39 is 17.1 Å². The molecule has 7 nitrogen and oxygen atoms in total. The number of carbonyl (C=O) groups excluding carboxylic acids is 2. The first-order valence-corrected chi connectivity index (χ1v) is 17.0. The molecule has 3 heterocycles. The number of thiophene rings is 1. The fourth-order valence-corrected chi connectivity index (χ4v) is 9.99. The Morgan fingerprint density at radius 3 is 2.79 bits per heavy atom. The third kappa shape index (κ3) is 4.36. The molecule has 0 unspecified atom stereocenters. The largest absolute Gasteiger partial charge is 0.504 e. The van der Waals surface area contributed by atoms with Crippen LogP contribution in [0, 0.1) is 11.8 Å². The van der Waals surface area contributed by atoms with Crippen LogP contribution in [0.15, 0.2) is 34.1 Å². The number of phenolic OH excluding ortho intramolecular Hbond substituents is 1. The van der Waals surface area contributed by atoms with E-state index >= 15 is 0 Å². The average molecular weight is 656 g/mol. The lowest BCUT2D eigenvalue weighted by atomic mass is 9.48. The van der Waals surface area contributed by atoms with Gasteiger partial charge in [0.15, 0.2) is 11.5 Å². The Labute approximate surface area is 260 Å². The molecule has 1 saturated heterocycles. The van der Waals surface area contributed by atoms with Crippen molar-refractivity contribution in [2.45, 2.75) is 88.5 Å². The summed E-state index contributed by atoms with van der Waals surface area (Å²) in [5.74, 6) is 1.29. The number of likely N-dealkylation sites (tertiary alicyclic amines) is 1. The summed E-state index contributed by atoms with van der Waals surface area (Å²) in [5, 5.41) is 13.1. The molecule has 5 aliphatic rings. The Kier molecular flexibility index (Phi) is 7.02. The predicted octanol–water partition coefficient (Wildman–Crippen LogP) is 5.92. The molecule has 1 N–H and O–H groups in total. The predicted molar refractivity (Wildman–Crippen MR) is 166 cm³/mol. The van der Waals surface area contributed by atoms with Gasteiger partial charge in [-0.15, -0.1) is 11.3 Å². The van der Waals surface area contributed by atoms with Gasteiger partial charge in [0.1, 0.15) is 11.7 Å². The first-order chi connectivity index (χ1) is 20.1. The first-order valence-electron chi connectivity index (χ1n) is 15.3. The van der Waals surface area contributed by atoms with Crippen molar-refractivity contribution in [2.75, 3.05) is 19.6 Å². The molecule has 42 heavy (non-hydrogen) atoms.